The monoisotopic (exact) mass is 196 g/mol. The fourth-order valence-corrected chi connectivity index (χ4v) is 3.54. The molecular weight excluding hydrogens is 176 g/mol. The van der Waals surface area contributed by atoms with Crippen molar-refractivity contribution >= 4 is 0 Å². The van der Waals surface area contributed by atoms with Crippen molar-refractivity contribution in [3.8, 4) is 0 Å². The summed E-state index contributed by atoms with van der Waals surface area (Å²) in [4.78, 5) is 2.55. The molecule has 4 aliphatic heterocycles. The van der Waals surface area contributed by atoms with E-state index in [1.807, 2.05) is 0 Å². The summed E-state index contributed by atoms with van der Waals surface area (Å²) < 4.78 is 6.09. The molecule has 0 aliphatic carbocycles. The number of ether oxygens (including phenoxy) is 1. The van der Waals surface area contributed by atoms with Crippen LogP contribution < -0.4 is 5.73 Å². The Morgan fingerprint density at radius 2 is 2.00 bits per heavy atom. The maximum Gasteiger partial charge on any atom is 0.0852 e. The van der Waals surface area contributed by atoms with Gasteiger partial charge in [0.1, 0.15) is 0 Å². The van der Waals surface area contributed by atoms with Crippen LogP contribution in [0, 0.1) is 5.92 Å². The number of hydrogen-bond acceptors (Lipinski definition) is 3. The van der Waals surface area contributed by atoms with Gasteiger partial charge >= 0.3 is 0 Å². The summed E-state index contributed by atoms with van der Waals surface area (Å²) in [5, 5.41) is 0. The molecule has 2 N–H and O–H groups in total. The van der Waals surface area contributed by atoms with Gasteiger partial charge < -0.3 is 15.4 Å². The van der Waals surface area contributed by atoms with E-state index < -0.39 is 0 Å². The largest absolute Gasteiger partial charge is 0.373 e. The van der Waals surface area contributed by atoms with Gasteiger partial charge in [-0.05, 0) is 44.7 Å². The second-order valence-corrected chi connectivity index (χ2v) is 5.22. The van der Waals surface area contributed by atoms with Crippen molar-refractivity contribution in [2.24, 2.45) is 11.7 Å². The Kier molecular flexibility index (Phi) is 2.08. The molecule has 3 heteroatoms. The molecule has 1 spiro atoms. The van der Waals surface area contributed by atoms with Gasteiger partial charge in [0.25, 0.3) is 0 Å². The smallest absolute Gasteiger partial charge is 0.0852 e. The third-order valence-electron chi connectivity index (χ3n) is 4.31. The third kappa shape index (κ3) is 1.30. The van der Waals surface area contributed by atoms with E-state index >= 15 is 0 Å². The third-order valence-corrected chi connectivity index (χ3v) is 4.31. The fourth-order valence-electron chi connectivity index (χ4n) is 3.54. The van der Waals surface area contributed by atoms with Gasteiger partial charge in [0, 0.05) is 19.2 Å². The molecule has 3 nitrogen and oxygen atoms in total. The molecule has 2 unspecified atom stereocenters. The minimum Gasteiger partial charge on any atom is -0.373 e. The van der Waals surface area contributed by atoms with Gasteiger partial charge in [-0.3, -0.25) is 0 Å². The van der Waals surface area contributed by atoms with Crippen molar-refractivity contribution in [3.63, 3.8) is 0 Å². The van der Waals surface area contributed by atoms with Crippen LogP contribution >= 0.6 is 0 Å². The molecule has 2 atom stereocenters. The zero-order valence-electron chi connectivity index (χ0n) is 8.74. The van der Waals surface area contributed by atoms with Crippen LogP contribution in [0.1, 0.15) is 25.7 Å². The molecule has 0 radical (unpaired) electrons. The standard InChI is InChI=1S/C11H20N2O/c12-10-3-6-14-11(7-10)8-13-4-1-9(11)2-5-13/h9-10H,1-8,12H2. The topological polar surface area (TPSA) is 38.5 Å². The van der Waals surface area contributed by atoms with Crippen LogP contribution in [0.25, 0.3) is 0 Å². The molecule has 80 valence electrons. The van der Waals surface area contributed by atoms with Crippen molar-refractivity contribution in [2.45, 2.75) is 37.3 Å². The van der Waals surface area contributed by atoms with Gasteiger partial charge in [0.2, 0.25) is 0 Å². The number of rotatable bonds is 0. The molecule has 0 aromatic rings. The Bertz CT molecular complexity index is 221. The highest BCUT2D eigenvalue weighted by Crippen LogP contribution is 2.42. The lowest BCUT2D eigenvalue weighted by Crippen LogP contribution is -2.63. The van der Waals surface area contributed by atoms with E-state index in [1.54, 1.807) is 0 Å². The van der Waals surface area contributed by atoms with E-state index in [4.69, 9.17) is 10.5 Å². The summed E-state index contributed by atoms with van der Waals surface area (Å²) in [6, 6.07) is 0.379. The Balaban J connectivity index is 1.81. The predicted octanol–water partition coefficient (Wildman–Crippen LogP) is 0.588. The van der Waals surface area contributed by atoms with Gasteiger partial charge in [-0.15, -0.1) is 0 Å². The van der Waals surface area contributed by atoms with E-state index in [2.05, 4.69) is 4.90 Å². The quantitative estimate of drug-likeness (QED) is 0.616. The summed E-state index contributed by atoms with van der Waals surface area (Å²) in [7, 11) is 0. The van der Waals surface area contributed by atoms with E-state index in [1.165, 1.54) is 25.9 Å². The maximum absolute atomic E-state index is 6.09. The van der Waals surface area contributed by atoms with Crippen LogP contribution in [-0.2, 0) is 4.74 Å². The molecular formula is C11H20N2O. The van der Waals surface area contributed by atoms with Gasteiger partial charge in [-0.1, -0.05) is 0 Å². The highest BCUT2D eigenvalue weighted by Gasteiger charge is 2.49. The number of hydrogen-bond donors (Lipinski definition) is 1. The number of nitrogens with zero attached hydrogens (tertiary/aromatic N) is 1. The first-order valence-corrected chi connectivity index (χ1v) is 5.90. The highest BCUT2D eigenvalue weighted by atomic mass is 16.5. The molecule has 0 aromatic heterocycles. The molecule has 2 bridgehead atoms. The second kappa shape index (κ2) is 3.19. The summed E-state index contributed by atoms with van der Waals surface area (Å²) in [6.45, 7) is 4.59. The molecule has 4 aliphatic rings. The van der Waals surface area contributed by atoms with E-state index in [9.17, 15) is 0 Å². The first-order chi connectivity index (χ1) is 6.78. The highest BCUT2D eigenvalue weighted by molar-refractivity contribution is 5.02. The second-order valence-electron chi connectivity index (χ2n) is 5.22. The number of nitrogens with two attached hydrogens (primary N) is 1. The van der Waals surface area contributed by atoms with Crippen LogP contribution in [0.2, 0.25) is 0 Å². The van der Waals surface area contributed by atoms with Crippen molar-refractivity contribution in [1.82, 2.24) is 4.90 Å². The van der Waals surface area contributed by atoms with Crippen LogP contribution in [0.15, 0.2) is 0 Å². The SMILES string of the molecule is NC1CCOC2(C1)CN1CCC2CC1. The molecule has 4 saturated heterocycles. The molecule has 4 fully saturated rings. The van der Waals surface area contributed by atoms with Gasteiger partial charge in [0.05, 0.1) is 5.60 Å². The van der Waals surface area contributed by atoms with E-state index in [-0.39, 0.29) is 5.60 Å². The molecule has 4 heterocycles. The summed E-state index contributed by atoms with van der Waals surface area (Å²) >= 11 is 0. The average molecular weight is 196 g/mol. The molecule has 0 aromatic carbocycles. The Labute approximate surface area is 85.6 Å². The van der Waals surface area contributed by atoms with Crippen LogP contribution in [0.5, 0.6) is 0 Å². The molecule has 0 saturated carbocycles. The van der Waals surface area contributed by atoms with Gasteiger partial charge in [0.15, 0.2) is 0 Å². The van der Waals surface area contributed by atoms with E-state index in [0.717, 1.165) is 31.9 Å². The summed E-state index contributed by atoms with van der Waals surface area (Å²) in [5.74, 6) is 0.791. The lowest BCUT2D eigenvalue weighted by atomic mass is 9.71. The zero-order chi connectivity index (χ0) is 9.60. The minimum absolute atomic E-state index is 0.147. The van der Waals surface area contributed by atoms with Gasteiger partial charge in [-0.25, -0.2) is 0 Å². The molecule has 14 heavy (non-hydrogen) atoms. The summed E-state index contributed by atoms with van der Waals surface area (Å²) in [6.07, 6.45) is 4.79. The van der Waals surface area contributed by atoms with Gasteiger partial charge in [-0.2, -0.15) is 0 Å². The number of fused-ring (bicyclic) bond motifs is 2. The molecule has 4 rings (SSSR count). The van der Waals surface area contributed by atoms with Crippen molar-refractivity contribution in [3.05, 3.63) is 0 Å². The Hall–Kier alpha value is -0.120. The van der Waals surface area contributed by atoms with Crippen molar-refractivity contribution in [2.75, 3.05) is 26.2 Å². The predicted molar refractivity (Wildman–Crippen MR) is 55.1 cm³/mol. The number of piperidine rings is 3. The maximum atomic E-state index is 6.09. The average Bonchev–Trinajstić information content (AvgIpc) is 2.18. The molecule has 0 amide bonds. The lowest BCUT2D eigenvalue weighted by Gasteiger charge is -2.55. The normalized spacial score (nSPS) is 52.5. The van der Waals surface area contributed by atoms with Crippen molar-refractivity contribution < 1.29 is 4.74 Å². The van der Waals surface area contributed by atoms with Crippen LogP contribution in [0.3, 0.4) is 0 Å². The first-order valence-electron chi connectivity index (χ1n) is 5.90. The fraction of sp³-hybridized carbons (Fsp3) is 1.00. The Morgan fingerprint density at radius 3 is 2.57 bits per heavy atom. The lowest BCUT2D eigenvalue weighted by molar-refractivity contribution is -0.177. The summed E-state index contributed by atoms with van der Waals surface area (Å²) in [5.41, 5.74) is 6.22. The van der Waals surface area contributed by atoms with Crippen molar-refractivity contribution in [1.29, 1.82) is 0 Å². The van der Waals surface area contributed by atoms with Crippen LogP contribution in [-0.4, -0.2) is 42.8 Å². The first kappa shape index (κ1) is 9.13. The van der Waals surface area contributed by atoms with E-state index in [0.29, 0.717) is 6.04 Å². The van der Waals surface area contributed by atoms with Crippen LogP contribution in [0.4, 0.5) is 0 Å². The zero-order valence-corrected chi connectivity index (χ0v) is 8.74. The minimum atomic E-state index is 0.147. The Morgan fingerprint density at radius 1 is 1.21 bits per heavy atom.